The van der Waals surface area contributed by atoms with Gasteiger partial charge in [0.15, 0.2) is 0 Å². The maximum absolute atomic E-state index is 13.1. The molecule has 1 nitrogen and oxygen atoms in total. The molecule has 0 aliphatic heterocycles. The predicted octanol–water partition coefficient (Wildman–Crippen LogP) is 5.47. The first-order valence-corrected chi connectivity index (χ1v) is 8.66. The third-order valence-electron chi connectivity index (χ3n) is 3.85. The van der Waals surface area contributed by atoms with E-state index in [0.717, 1.165) is 19.4 Å². The van der Waals surface area contributed by atoms with E-state index in [9.17, 15) is 4.39 Å². The molecule has 1 N–H and O–H groups in total. The Labute approximate surface area is 131 Å². The number of unbranched alkanes of at least 4 members (excludes halogenated alkanes) is 1. The van der Waals surface area contributed by atoms with Gasteiger partial charge in [0.25, 0.3) is 0 Å². The topological polar surface area (TPSA) is 12.0 Å². The molecule has 0 saturated heterocycles. The van der Waals surface area contributed by atoms with Gasteiger partial charge in [-0.3, -0.25) is 0 Å². The first kappa shape index (κ1) is 16.2. The lowest BCUT2D eigenvalue weighted by Gasteiger charge is -2.19. The Morgan fingerprint density at radius 1 is 1.14 bits per heavy atom. The zero-order valence-electron chi connectivity index (χ0n) is 12.9. The van der Waals surface area contributed by atoms with Crippen LogP contribution in [0.5, 0.6) is 0 Å². The van der Waals surface area contributed by atoms with Gasteiger partial charge in [-0.15, -0.1) is 11.3 Å². The average Bonchev–Trinajstić information content (AvgIpc) is 2.96. The molecule has 0 spiro atoms. The van der Waals surface area contributed by atoms with Crippen LogP contribution >= 0.6 is 11.3 Å². The summed E-state index contributed by atoms with van der Waals surface area (Å²) in [5.41, 5.74) is 2.61. The largest absolute Gasteiger partial charge is 0.305 e. The van der Waals surface area contributed by atoms with Gasteiger partial charge in [-0.1, -0.05) is 38.8 Å². The highest BCUT2D eigenvalue weighted by Crippen LogP contribution is 2.23. The normalized spacial score (nSPS) is 12.5. The van der Waals surface area contributed by atoms with Crippen molar-refractivity contribution >= 4 is 11.3 Å². The number of hydrogen-bond donors (Lipinski definition) is 1. The summed E-state index contributed by atoms with van der Waals surface area (Å²) in [5.74, 6) is -0.167. The van der Waals surface area contributed by atoms with E-state index < -0.39 is 0 Å². The van der Waals surface area contributed by atoms with Crippen molar-refractivity contribution in [2.45, 2.75) is 52.1 Å². The number of rotatable bonds is 8. The van der Waals surface area contributed by atoms with Gasteiger partial charge in [0.05, 0.1) is 0 Å². The van der Waals surface area contributed by atoms with Crippen molar-refractivity contribution in [3.63, 3.8) is 0 Å². The fourth-order valence-corrected chi connectivity index (χ4v) is 3.47. The Morgan fingerprint density at radius 3 is 2.57 bits per heavy atom. The molecule has 0 radical (unpaired) electrons. The van der Waals surface area contributed by atoms with Crippen LogP contribution in [0.2, 0.25) is 0 Å². The highest BCUT2D eigenvalue weighted by Gasteiger charge is 2.12. The van der Waals surface area contributed by atoms with E-state index >= 15 is 0 Å². The first-order valence-electron chi connectivity index (χ1n) is 7.78. The molecular weight excluding hydrogens is 281 g/mol. The van der Waals surface area contributed by atoms with E-state index in [4.69, 9.17) is 0 Å². The van der Waals surface area contributed by atoms with E-state index in [1.54, 1.807) is 12.1 Å². The van der Waals surface area contributed by atoms with Gasteiger partial charge < -0.3 is 5.32 Å². The van der Waals surface area contributed by atoms with Gasteiger partial charge in [-0.2, -0.15) is 0 Å². The average molecular weight is 305 g/mol. The van der Waals surface area contributed by atoms with E-state index in [2.05, 4.69) is 30.6 Å². The molecule has 2 rings (SSSR count). The smallest absolute Gasteiger partial charge is 0.123 e. The highest BCUT2D eigenvalue weighted by molar-refractivity contribution is 7.10. The molecule has 0 fully saturated rings. The molecule has 1 aromatic carbocycles. The van der Waals surface area contributed by atoms with E-state index in [1.165, 1.54) is 28.8 Å². The van der Waals surface area contributed by atoms with E-state index in [-0.39, 0.29) is 5.82 Å². The van der Waals surface area contributed by atoms with Gasteiger partial charge >= 0.3 is 0 Å². The molecule has 3 heteroatoms. The molecule has 2 aromatic rings. The van der Waals surface area contributed by atoms with Crippen LogP contribution in [0, 0.1) is 5.82 Å². The van der Waals surface area contributed by atoms with E-state index in [0.29, 0.717) is 6.04 Å². The van der Waals surface area contributed by atoms with Crippen LogP contribution < -0.4 is 5.32 Å². The maximum atomic E-state index is 13.1. The molecule has 114 valence electrons. The van der Waals surface area contributed by atoms with Crippen LogP contribution in [0.4, 0.5) is 4.39 Å². The summed E-state index contributed by atoms with van der Waals surface area (Å²) in [6.07, 6.45) is 4.53. The number of benzene rings is 1. The highest BCUT2D eigenvalue weighted by atomic mass is 32.1. The molecule has 1 aromatic heterocycles. The fraction of sp³-hybridized carbons (Fsp3) is 0.444. The van der Waals surface area contributed by atoms with Crippen LogP contribution in [0.15, 0.2) is 35.7 Å². The van der Waals surface area contributed by atoms with Crippen molar-refractivity contribution in [2.24, 2.45) is 0 Å². The summed E-state index contributed by atoms with van der Waals surface area (Å²) in [6, 6.07) is 9.42. The van der Waals surface area contributed by atoms with Crippen molar-refractivity contribution < 1.29 is 4.39 Å². The summed E-state index contributed by atoms with van der Waals surface area (Å²) >= 11 is 1.82. The van der Waals surface area contributed by atoms with Crippen LogP contribution in [-0.2, 0) is 13.0 Å². The minimum absolute atomic E-state index is 0.167. The summed E-state index contributed by atoms with van der Waals surface area (Å²) in [6.45, 7) is 5.29. The van der Waals surface area contributed by atoms with Crippen LogP contribution in [0.25, 0.3) is 0 Å². The summed E-state index contributed by atoms with van der Waals surface area (Å²) in [7, 11) is 0. The molecule has 0 bridgehead atoms. The van der Waals surface area contributed by atoms with Crippen LogP contribution in [0.1, 0.15) is 55.2 Å². The standard InChI is InChI=1S/C18H24FNS/c1-3-5-6-17(15-7-9-16(19)10-8-15)20-13-18-14(4-2)11-12-21-18/h7-12,17,20H,3-6,13H2,1-2H3. The molecule has 0 amide bonds. The Hall–Kier alpha value is -1.19. The molecule has 1 unspecified atom stereocenters. The first-order chi connectivity index (χ1) is 10.2. The molecule has 1 heterocycles. The summed E-state index contributed by atoms with van der Waals surface area (Å²) < 4.78 is 13.1. The number of thiophene rings is 1. The van der Waals surface area contributed by atoms with Gasteiger partial charge in [-0.25, -0.2) is 4.39 Å². The molecule has 21 heavy (non-hydrogen) atoms. The van der Waals surface area contributed by atoms with E-state index in [1.807, 2.05) is 23.5 Å². The fourth-order valence-electron chi connectivity index (χ4n) is 2.54. The Kier molecular flexibility index (Phi) is 6.40. The van der Waals surface area contributed by atoms with Crippen molar-refractivity contribution in [3.8, 4) is 0 Å². The molecule has 0 saturated carbocycles. The van der Waals surface area contributed by atoms with Crippen LogP contribution in [-0.4, -0.2) is 0 Å². The number of hydrogen-bond acceptors (Lipinski definition) is 2. The van der Waals surface area contributed by atoms with Crippen molar-refractivity contribution in [1.82, 2.24) is 5.32 Å². The van der Waals surface area contributed by atoms with Crippen molar-refractivity contribution in [3.05, 3.63) is 57.5 Å². The second-order valence-electron chi connectivity index (χ2n) is 5.35. The lowest BCUT2D eigenvalue weighted by Crippen LogP contribution is -2.21. The second-order valence-corrected chi connectivity index (χ2v) is 6.35. The monoisotopic (exact) mass is 305 g/mol. The molecule has 0 aliphatic carbocycles. The minimum Gasteiger partial charge on any atom is -0.305 e. The molecule has 0 aliphatic rings. The lowest BCUT2D eigenvalue weighted by atomic mass is 10.0. The van der Waals surface area contributed by atoms with Gasteiger partial charge in [0, 0.05) is 17.5 Å². The van der Waals surface area contributed by atoms with Crippen LogP contribution in [0.3, 0.4) is 0 Å². The summed E-state index contributed by atoms with van der Waals surface area (Å²) in [5, 5.41) is 5.82. The predicted molar refractivity (Wildman–Crippen MR) is 89.2 cm³/mol. The Bertz CT molecular complexity index is 532. The zero-order valence-corrected chi connectivity index (χ0v) is 13.7. The Balaban J connectivity index is 2.04. The zero-order chi connectivity index (χ0) is 15.1. The Morgan fingerprint density at radius 2 is 1.90 bits per heavy atom. The SMILES string of the molecule is CCCCC(NCc1sccc1CC)c1ccc(F)cc1. The lowest BCUT2D eigenvalue weighted by molar-refractivity contribution is 0.481. The van der Waals surface area contributed by atoms with Gasteiger partial charge in [0.2, 0.25) is 0 Å². The third-order valence-corrected chi connectivity index (χ3v) is 4.81. The minimum atomic E-state index is -0.167. The van der Waals surface area contributed by atoms with Crippen molar-refractivity contribution in [1.29, 1.82) is 0 Å². The number of nitrogens with one attached hydrogen (secondary N) is 1. The quantitative estimate of drug-likeness (QED) is 0.682. The van der Waals surface area contributed by atoms with Crippen molar-refractivity contribution in [2.75, 3.05) is 0 Å². The number of aryl methyl sites for hydroxylation is 1. The van der Waals surface area contributed by atoms with Gasteiger partial charge in [0.1, 0.15) is 5.82 Å². The molecule has 1 atom stereocenters. The number of halogens is 1. The molecular formula is C18H24FNS. The summed E-state index contributed by atoms with van der Waals surface area (Å²) in [4.78, 5) is 1.42. The van der Waals surface area contributed by atoms with Gasteiger partial charge in [-0.05, 0) is 47.5 Å². The third kappa shape index (κ3) is 4.65. The maximum Gasteiger partial charge on any atom is 0.123 e. The second kappa shape index (κ2) is 8.30.